The Kier molecular flexibility index (Phi) is 8.66. The van der Waals surface area contributed by atoms with E-state index in [9.17, 15) is 4.79 Å². The molecule has 0 aromatic heterocycles. The number of nitrogens with zero attached hydrogens (tertiary/aromatic N) is 1. The molecule has 5 heteroatoms. The summed E-state index contributed by atoms with van der Waals surface area (Å²) in [6.45, 7) is 2.23. The van der Waals surface area contributed by atoms with Crippen molar-refractivity contribution in [2.75, 3.05) is 34.0 Å². The third kappa shape index (κ3) is 6.71. The fourth-order valence-electron chi connectivity index (χ4n) is 2.08. The zero-order valence-corrected chi connectivity index (χ0v) is 13.0. The maximum atomic E-state index is 12.5. The molecule has 0 aliphatic rings. The van der Waals surface area contributed by atoms with E-state index < -0.39 is 6.04 Å². The van der Waals surface area contributed by atoms with Crippen molar-refractivity contribution < 1.29 is 14.3 Å². The molecule has 0 heterocycles. The van der Waals surface area contributed by atoms with Gasteiger partial charge in [-0.2, -0.15) is 0 Å². The van der Waals surface area contributed by atoms with E-state index in [1.54, 1.807) is 19.1 Å². The topological polar surface area (TPSA) is 64.8 Å². The largest absolute Gasteiger partial charge is 0.385 e. The second-order valence-corrected chi connectivity index (χ2v) is 4.98. The number of ether oxygens (including phenoxy) is 2. The van der Waals surface area contributed by atoms with Crippen LogP contribution in [0.3, 0.4) is 0 Å². The van der Waals surface area contributed by atoms with E-state index in [0.717, 1.165) is 12.0 Å². The Morgan fingerprint density at radius 2 is 1.86 bits per heavy atom. The molecular weight excluding hydrogens is 268 g/mol. The van der Waals surface area contributed by atoms with E-state index in [4.69, 9.17) is 15.2 Å². The molecule has 0 fully saturated rings. The molecule has 1 unspecified atom stereocenters. The molecule has 2 N–H and O–H groups in total. The molecule has 1 aromatic rings. The number of benzene rings is 1. The second-order valence-electron chi connectivity index (χ2n) is 4.98. The highest BCUT2D eigenvalue weighted by atomic mass is 16.5. The average molecular weight is 294 g/mol. The van der Waals surface area contributed by atoms with Gasteiger partial charge in [0.1, 0.15) is 0 Å². The van der Waals surface area contributed by atoms with Gasteiger partial charge in [0.25, 0.3) is 0 Å². The Balaban J connectivity index is 2.60. The first kappa shape index (κ1) is 17.6. The first-order valence-corrected chi connectivity index (χ1v) is 7.25. The molecule has 0 radical (unpaired) electrons. The van der Waals surface area contributed by atoms with Crippen molar-refractivity contribution in [1.82, 2.24) is 4.90 Å². The van der Waals surface area contributed by atoms with Gasteiger partial charge in [-0.1, -0.05) is 30.3 Å². The standard InChI is InChI=1S/C16H26N2O3/c1-20-11-6-9-15(17)16(19)18(10-12-21-2)13-14-7-4-3-5-8-14/h3-5,7-8,15H,6,9-13,17H2,1-2H3. The summed E-state index contributed by atoms with van der Waals surface area (Å²) in [7, 11) is 3.28. The fourth-order valence-corrected chi connectivity index (χ4v) is 2.08. The van der Waals surface area contributed by atoms with Crippen molar-refractivity contribution in [2.45, 2.75) is 25.4 Å². The normalized spacial score (nSPS) is 12.1. The fraction of sp³-hybridized carbons (Fsp3) is 0.562. The highest BCUT2D eigenvalue weighted by Crippen LogP contribution is 2.08. The van der Waals surface area contributed by atoms with Gasteiger partial charge >= 0.3 is 0 Å². The Morgan fingerprint density at radius 1 is 1.19 bits per heavy atom. The van der Waals surface area contributed by atoms with Crippen LogP contribution in [0.15, 0.2) is 30.3 Å². The van der Waals surface area contributed by atoms with Gasteiger partial charge in [-0.3, -0.25) is 4.79 Å². The zero-order chi connectivity index (χ0) is 15.5. The van der Waals surface area contributed by atoms with Crippen LogP contribution in [0.2, 0.25) is 0 Å². The monoisotopic (exact) mass is 294 g/mol. The summed E-state index contributed by atoms with van der Waals surface area (Å²) < 4.78 is 10.1. The molecule has 0 bridgehead atoms. The van der Waals surface area contributed by atoms with Crippen LogP contribution in [0.25, 0.3) is 0 Å². The summed E-state index contributed by atoms with van der Waals surface area (Å²) in [5, 5.41) is 0. The number of carbonyl (C=O) groups excluding carboxylic acids is 1. The number of rotatable bonds is 10. The summed E-state index contributed by atoms with van der Waals surface area (Å²) in [5.41, 5.74) is 7.09. The van der Waals surface area contributed by atoms with Crippen LogP contribution in [0.4, 0.5) is 0 Å². The van der Waals surface area contributed by atoms with Crippen LogP contribution in [0, 0.1) is 0 Å². The number of carbonyl (C=O) groups is 1. The molecule has 0 aliphatic carbocycles. The third-order valence-corrected chi connectivity index (χ3v) is 3.27. The highest BCUT2D eigenvalue weighted by Gasteiger charge is 2.20. The van der Waals surface area contributed by atoms with Gasteiger partial charge in [0.2, 0.25) is 5.91 Å². The molecule has 0 saturated heterocycles. The van der Waals surface area contributed by atoms with Gasteiger partial charge in [-0.15, -0.1) is 0 Å². The Hall–Kier alpha value is -1.43. The minimum absolute atomic E-state index is 0.0352. The van der Waals surface area contributed by atoms with Gasteiger partial charge in [-0.05, 0) is 18.4 Å². The highest BCUT2D eigenvalue weighted by molar-refractivity contribution is 5.81. The van der Waals surface area contributed by atoms with E-state index in [1.807, 2.05) is 30.3 Å². The predicted octanol–water partition coefficient (Wildman–Crippen LogP) is 1.42. The first-order chi connectivity index (χ1) is 10.2. The minimum atomic E-state index is -0.485. The minimum Gasteiger partial charge on any atom is -0.385 e. The quantitative estimate of drug-likeness (QED) is 0.663. The molecule has 1 amide bonds. The van der Waals surface area contributed by atoms with Crippen LogP contribution in [0.1, 0.15) is 18.4 Å². The van der Waals surface area contributed by atoms with Gasteiger partial charge in [0.15, 0.2) is 0 Å². The molecule has 1 atom stereocenters. The Morgan fingerprint density at radius 3 is 2.48 bits per heavy atom. The summed E-state index contributed by atoms with van der Waals surface area (Å²) in [6, 6.07) is 9.41. The van der Waals surface area contributed by atoms with Crippen LogP contribution >= 0.6 is 0 Å². The number of hydrogen-bond donors (Lipinski definition) is 1. The van der Waals surface area contributed by atoms with Crippen molar-refractivity contribution >= 4 is 5.91 Å². The van der Waals surface area contributed by atoms with Crippen molar-refractivity contribution in [3.63, 3.8) is 0 Å². The second kappa shape index (κ2) is 10.3. The lowest BCUT2D eigenvalue weighted by atomic mass is 10.1. The van der Waals surface area contributed by atoms with Gasteiger partial charge in [0.05, 0.1) is 12.6 Å². The van der Waals surface area contributed by atoms with Crippen molar-refractivity contribution in [3.8, 4) is 0 Å². The van der Waals surface area contributed by atoms with E-state index in [1.165, 1.54) is 0 Å². The Bertz CT molecular complexity index is 398. The molecule has 118 valence electrons. The van der Waals surface area contributed by atoms with Crippen LogP contribution in [-0.4, -0.2) is 50.8 Å². The molecular formula is C16H26N2O3. The molecule has 5 nitrogen and oxygen atoms in total. The van der Waals surface area contributed by atoms with Gasteiger partial charge < -0.3 is 20.1 Å². The van der Waals surface area contributed by atoms with Gasteiger partial charge in [0, 0.05) is 33.9 Å². The van der Waals surface area contributed by atoms with Crippen molar-refractivity contribution in [3.05, 3.63) is 35.9 Å². The van der Waals surface area contributed by atoms with E-state index in [0.29, 0.717) is 32.7 Å². The first-order valence-electron chi connectivity index (χ1n) is 7.25. The van der Waals surface area contributed by atoms with Crippen molar-refractivity contribution in [1.29, 1.82) is 0 Å². The lowest BCUT2D eigenvalue weighted by molar-refractivity contribution is -0.134. The lowest BCUT2D eigenvalue weighted by Gasteiger charge is -2.25. The number of methoxy groups -OCH3 is 2. The summed E-state index contributed by atoms with van der Waals surface area (Å²) in [4.78, 5) is 14.2. The molecule has 0 spiro atoms. The molecule has 0 saturated carbocycles. The van der Waals surface area contributed by atoms with Crippen LogP contribution in [-0.2, 0) is 20.8 Å². The van der Waals surface area contributed by atoms with Crippen LogP contribution < -0.4 is 5.73 Å². The Labute approximate surface area is 127 Å². The summed E-state index contributed by atoms with van der Waals surface area (Å²) in [6.07, 6.45) is 1.41. The molecule has 1 rings (SSSR count). The number of nitrogens with two attached hydrogens (primary N) is 1. The zero-order valence-electron chi connectivity index (χ0n) is 13.0. The number of amides is 1. The van der Waals surface area contributed by atoms with E-state index >= 15 is 0 Å². The van der Waals surface area contributed by atoms with Gasteiger partial charge in [-0.25, -0.2) is 0 Å². The summed E-state index contributed by atoms with van der Waals surface area (Å²) >= 11 is 0. The van der Waals surface area contributed by atoms with Crippen LogP contribution in [0.5, 0.6) is 0 Å². The maximum absolute atomic E-state index is 12.5. The summed E-state index contributed by atoms with van der Waals surface area (Å²) in [5.74, 6) is -0.0352. The predicted molar refractivity (Wildman–Crippen MR) is 82.8 cm³/mol. The van der Waals surface area contributed by atoms with E-state index in [-0.39, 0.29) is 5.91 Å². The average Bonchev–Trinajstić information content (AvgIpc) is 2.51. The molecule has 1 aromatic carbocycles. The SMILES string of the molecule is COCCCC(N)C(=O)N(CCOC)Cc1ccccc1. The molecule has 0 aliphatic heterocycles. The molecule has 21 heavy (non-hydrogen) atoms. The smallest absolute Gasteiger partial charge is 0.239 e. The number of hydrogen-bond acceptors (Lipinski definition) is 4. The third-order valence-electron chi connectivity index (χ3n) is 3.27. The lowest BCUT2D eigenvalue weighted by Crippen LogP contribution is -2.44. The van der Waals surface area contributed by atoms with E-state index in [2.05, 4.69) is 0 Å². The van der Waals surface area contributed by atoms with Crippen molar-refractivity contribution in [2.24, 2.45) is 5.73 Å². The maximum Gasteiger partial charge on any atom is 0.239 e.